The van der Waals surface area contributed by atoms with Gasteiger partial charge < -0.3 is 0 Å². The fraction of sp³-hybridized carbons (Fsp3) is 0.692. The maximum atomic E-state index is 2.40. The third-order valence-corrected chi connectivity index (χ3v) is 5.57. The number of thiophene rings is 1. The molecule has 0 saturated heterocycles. The van der Waals surface area contributed by atoms with Crippen LogP contribution in [0.1, 0.15) is 43.6 Å². The van der Waals surface area contributed by atoms with Crippen LogP contribution in [0.3, 0.4) is 0 Å². The van der Waals surface area contributed by atoms with Crippen LogP contribution in [0.5, 0.6) is 0 Å². The second-order valence-electron chi connectivity index (χ2n) is 4.93. The molecule has 14 heavy (non-hydrogen) atoms. The summed E-state index contributed by atoms with van der Waals surface area (Å²) in [5.74, 6) is 2.07. The molecular weight excluding hydrogens is 188 g/mol. The summed E-state index contributed by atoms with van der Waals surface area (Å²) in [7, 11) is 0. The minimum Gasteiger partial charge on any atom is -0.149 e. The maximum Gasteiger partial charge on any atom is 0.00858 e. The first-order chi connectivity index (χ1) is 6.81. The molecule has 1 heterocycles. The topological polar surface area (TPSA) is 0 Å². The average molecular weight is 206 g/mol. The van der Waals surface area contributed by atoms with E-state index in [9.17, 15) is 0 Å². The molecule has 0 amide bonds. The number of rotatable bonds is 2. The molecule has 1 saturated carbocycles. The third kappa shape index (κ3) is 0.942. The van der Waals surface area contributed by atoms with Gasteiger partial charge in [-0.3, -0.25) is 0 Å². The van der Waals surface area contributed by atoms with E-state index in [1.54, 1.807) is 10.4 Å². The summed E-state index contributed by atoms with van der Waals surface area (Å²) in [5.41, 5.74) is 2.28. The molecule has 0 nitrogen and oxygen atoms in total. The number of hydrogen-bond acceptors (Lipinski definition) is 1. The Balaban J connectivity index is 2.13. The predicted octanol–water partition coefficient (Wildman–Crippen LogP) is 4.00. The summed E-state index contributed by atoms with van der Waals surface area (Å²) in [6.45, 7) is 4.76. The maximum absolute atomic E-state index is 2.40. The molecule has 0 aliphatic heterocycles. The summed E-state index contributed by atoms with van der Waals surface area (Å²) in [6, 6.07) is 2.40. The van der Waals surface area contributed by atoms with E-state index in [0.29, 0.717) is 5.41 Å². The van der Waals surface area contributed by atoms with Crippen LogP contribution in [0.4, 0.5) is 0 Å². The first kappa shape index (κ1) is 8.96. The molecule has 2 aliphatic rings. The van der Waals surface area contributed by atoms with Crippen molar-refractivity contribution in [3.8, 4) is 0 Å². The Morgan fingerprint density at radius 1 is 1.43 bits per heavy atom. The standard InChI is InChI=1S/C13H18S/c1-3-13(4-2)10-5-6-14-12(10)8-9-7-11(9)13/h5-6,9,11H,3-4,7-8H2,1-2H3. The molecule has 0 N–H and O–H groups in total. The van der Waals surface area contributed by atoms with E-state index in [0.717, 1.165) is 11.8 Å². The molecule has 1 aromatic heterocycles. The molecule has 3 rings (SSSR count). The van der Waals surface area contributed by atoms with Gasteiger partial charge in [0, 0.05) is 4.88 Å². The second kappa shape index (κ2) is 2.85. The van der Waals surface area contributed by atoms with Crippen LogP contribution in [0.15, 0.2) is 11.4 Å². The summed E-state index contributed by atoms with van der Waals surface area (Å²) in [4.78, 5) is 1.70. The van der Waals surface area contributed by atoms with E-state index in [2.05, 4.69) is 25.3 Å². The van der Waals surface area contributed by atoms with Crippen molar-refractivity contribution < 1.29 is 0 Å². The Kier molecular flexibility index (Phi) is 1.82. The van der Waals surface area contributed by atoms with Crippen LogP contribution in [-0.2, 0) is 11.8 Å². The highest BCUT2D eigenvalue weighted by atomic mass is 32.1. The van der Waals surface area contributed by atoms with Crippen LogP contribution in [0, 0.1) is 11.8 Å². The van der Waals surface area contributed by atoms with Gasteiger partial charge in [0.05, 0.1) is 0 Å². The summed E-state index contributed by atoms with van der Waals surface area (Å²) >= 11 is 1.99. The Morgan fingerprint density at radius 2 is 2.21 bits per heavy atom. The van der Waals surface area contributed by atoms with E-state index in [1.807, 2.05) is 11.3 Å². The van der Waals surface area contributed by atoms with Crippen LogP contribution in [-0.4, -0.2) is 0 Å². The van der Waals surface area contributed by atoms with Crippen molar-refractivity contribution in [2.75, 3.05) is 0 Å². The summed E-state index contributed by atoms with van der Waals surface area (Å²) < 4.78 is 0. The van der Waals surface area contributed by atoms with Crippen molar-refractivity contribution in [1.29, 1.82) is 0 Å². The molecule has 0 radical (unpaired) electrons. The molecule has 1 aromatic rings. The average Bonchev–Trinajstić information content (AvgIpc) is 2.83. The zero-order chi connectivity index (χ0) is 9.76. The molecule has 1 heteroatoms. The van der Waals surface area contributed by atoms with Gasteiger partial charge in [-0.05, 0) is 59.9 Å². The van der Waals surface area contributed by atoms with Crippen LogP contribution >= 0.6 is 11.3 Å². The fourth-order valence-corrected chi connectivity index (χ4v) is 4.76. The molecule has 2 unspecified atom stereocenters. The Morgan fingerprint density at radius 3 is 2.93 bits per heavy atom. The SMILES string of the molecule is CCC1(CC)c2ccsc2CC2CC21. The van der Waals surface area contributed by atoms with Crippen molar-refractivity contribution in [2.45, 2.75) is 44.9 Å². The van der Waals surface area contributed by atoms with E-state index in [4.69, 9.17) is 0 Å². The van der Waals surface area contributed by atoms with E-state index in [-0.39, 0.29) is 0 Å². The van der Waals surface area contributed by atoms with Crippen LogP contribution in [0.2, 0.25) is 0 Å². The monoisotopic (exact) mass is 206 g/mol. The third-order valence-electron chi connectivity index (χ3n) is 4.62. The molecule has 2 atom stereocenters. The van der Waals surface area contributed by atoms with E-state index in [1.165, 1.54) is 25.7 Å². The van der Waals surface area contributed by atoms with Gasteiger partial charge in [-0.15, -0.1) is 11.3 Å². The van der Waals surface area contributed by atoms with Gasteiger partial charge in [-0.25, -0.2) is 0 Å². The van der Waals surface area contributed by atoms with Gasteiger partial charge in [0.15, 0.2) is 0 Å². The first-order valence-corrected chi connectivity index (χ1v) is 6.76. The molecule has 0 aromatic carbocycles. The Bertz CT molecular complexity index is 346. The van der Waals surface area contributed by atoms with Crippen molar-refractivity contribution >= 4 is 11.3 Å². The zero-order valence-electron chi connectivity index (χ0n) is 9.05. The van der Waals surface area contributed by atoms with E-state index >= 15 is 0 Å². The normalized spacial score (nSPS) is 32.1. The van der Waals surface area contributed by atoms with Crippen LogP contribution < -0.4 is 0 Å². The number of hydrogen-bond donors (Lipinski definition) is 0. The lowest BCUT2D eigenvalue weighted by atomic mass is 9.68. The van der Waals surface area contributed by atoms with Gasteiger partial charge in [-0.2, -0.15) is 0 Å². The highest BCUT2D eigenvalue weighted by Gasteiger charge is 2.55. The highest BCUT2D eigenvalue weighted by Crippen LogP contribution is 2.61. The fourth-order valence-electron chi connectivity index (χ4n) is 3.69. The molecule has 1 fully saturated rings. The van der Waals surface area contributed by atoms with Gasteiger partial charge >= 0.3 is 0 Å². The van der Waals surface area contributed by atoms with Crippen molar-refractivity contribution in [2.24, 2.45) is 11.8 Å². The Labute approximate surface area is 90.3 Å². The van der Waals surface area contributed by atoms with Crippen molar-refractivity contribution in [3.63, 3.8) is 0 Å². The van der Waals surface area contributed by atoms with Gasteiger partial charge in [0.2, 0.25) is 0 Å². The van der Waals surface area contributed by atoms with Gasteiger partial charge in [0.25, 0.3) is 0 Å². The number of fused-ring (bicyclic) bond motifs is 2. The minimum atomic E-state index is 0.568. The van der Waals surface area contributed by atoms with Gasteiger partial charge in [-0.1, -0.05) is 13.8 Å². The van der Waals surface area contributed by atoms with Crippen molar-refractivity contribution in [3.05, 3.63) is 21.9 Å². The van der Waals surface area contributed by atoms with Gasteiger partial charge in [0.1, 0.15) is 0 Å². The Hall–Kier alpha value is -0.300. The lowest BCUT2D eigenvalue weighted by molar-refractivity contribution is 0.309. The smallest absolute Gasteiger partial charge is 0.00858 e. The molecule has 2 aliphatic carbocycles. The highest BCUT2D eigenvalue weighted by molar-refractivity contribution is 7.10. The second-order valence-corrected chi connectivity index (χ2v) is 5.93. The summed E-state index contributed by atoms with van der Waals surface area (Å²) in [6.07, 6.45) is 5.57. The molecular formula is C13H18S. The quantitative estimate of drug-likeness (QED) is 0.686. The lowest BCUT2D eigenvalue weighted by Crippen LogP contribution is -2.31. The minimum absolute atomic E-state index is 0.568. The lowest BCUT2D eigenvalue weighted by Gasteiger charge is -2.36. The van der Waals surface area contributed by atoms with Crippen LogP contribution in [0.25, 0.3) is 0 Å². The predicted molar refractivity (Wildman–Crippen MR) is 61.9 cm³/mol. The molecule has 0 bridgehead atoms. The summed E-state index contributed by atoms with van der Waals surface area (Å²) in [5, 5.41) is 2.30. The van der Waals surface area contributed by atoms with Crippen molar-refractivity contribution in [1.82, 2.24) is 0 Å². The first-order valence-electron chi connectivity index (χ1n) is 5.88. The molecule has 0 spiro atoms. The molecule has 76 valence electrons. The largest absolute Gasteiger partial charge is 0.149 e. The van der Waals surface area contributed by atoms with E-state index < -0.39 is 0 Å². The zero-order valence-corrected chi connectivity index (χ0v) is 9.86.